The van der Waals surface area contributed by atoms with Crippen molar-refractivity contribution in [2.24, 2.45) is 5.73 Å². The number of aliphatic hydroxyl groups is 2. The highest BCUT2D eigenvalue weighted by atomic mass is 19.4. The van der Waals surface area contributed by atoms with Crippen LogP contribution in [0, 0.1) is 19.0 Å². The SMILES string of the molecule is N[C@H](CO)C(=O)O.[C-]#[N+]c1ccc(F)cc1C(F)(F)F.[C-]#[N+]c1ccc(N[C@H](CO)OC=O)cc1C(F)(F)F. The molecule has 0 radical (unpaired) electrons. The molecular formula is C22H19F7N4O6. The Kier molecular flexibility index (Phi) is 13.9. The van der Waals surface area contributed by atoms with E-state index in [0.29, 0.717) is 12.1 Å². The minimum Gasteiger partial charge on any atom is -0.480 e. The van der Waals surface area contributed by atoms with Crippen molar-refractivity contribution < 1.29 is 60.4 Å². The lowest BCUT2D eigenvalue weighted by molar-refractivity contribution is -0.139. The van der Waals surface area contributed by atoms with Crippen molar-refractivity contribution in [1.82, 2.24) is 0 Å². The molecule has 0 aliphatic heterocycles. The van der Waals surface area contributed by atoms with E-state index in [9.17, 15) is 40.3 Å². The van der Waals surface area contributed by atoms with Gasteiger partial charge >= 0.3 is 18.3 Å². The van der Waals surface area contributed by atoms with Gasteiger partial charge in [0.25, 0.3) is 6.47 Å². The molecule has 0 aliphatic carbocycles. The summed E-state index contributed by atoms with van der Waals surface area (Å²) >= 11 is 0. The number of rotatable bonds is 7. The highest BCUT2D eigenvalue weighted by Gasteiger charge is 2.34. The number of carboxylic acid groups (broad SMARTS) is 1. The summed E-state index contributed by atoms with van der Waals surface area (Å²) < 4.78 is 91.1. The molecule has 17 heteroatoms. The standard InChI is InChI=1S/C11H9F3N2O3.C8H3F4N.C3H7NO3/c1-15-9-3-2-7(4-8(9)11(12,13)14)16-10(5-17)19-6-18;1-13-7-3-2-5(9)4-6(7)8(10,11)12;4-2(1-5)3(6)7/h2-4,6,10,16-17H,5H2;2-4H;2,5H,1,4H2,(H,6,7)/t10-;;2-/m0.1/s1. The molecule has 0 bridgehead atoms. The predicted molar refractivity (Wildman–Crippen MR) is 120 cm³/mol. The van der Waals surface area contributed by atoms with Crippen LogP contribution >= 0.6 is 0 Å². The first-order chi connectivity index (χ1) is 18.0. The van der Waals surface area contributed by atoms with Crippen molar-refractivity contribution in [3.63, 3.8) is 0 Å². The fraction of sp³-hybridized carbons (Fsp3) is 0.273. The Balaban J connectivity index is 0.000000622. The van der Waals surface area contributed by atoms with E-state index >= 15 is 0 Å². The molecule has 0 saturated heterocycles. The van der Waals surface area contributed by atoms with E-state index in [-0.39, 0.29) is 12.2 Å². The summed E-state index contributed by atoms with van der Waals surface area (Å²) in [6.07, 6.45) is -10.5. The van der Waals surface area contributed by atoms with Gasteiger partial charge in [0.05, 0.1) is 37.5 Å². The van der Waals surface area contributed by atoms with Crippen molar-refractivity contribution >= 4 is 29.5 Å². The number of hydrogen-bond acceptors (Lipinski definition) is 7. The smallest absolute Gasteiger partial charge is 0.407 e. The molecule has 0 amide bonds. The second-order valence-corrected chi connectivity index (χ2v) is 6.79. The van der Waals surface area contributed by atoms with Crippen LogP contribution in [-0.2, 0) is 26.7 Å². The number of nitrogens with one attached hydrogen (secondary N) is 1. The summed E-state index contributed by atoms with van der Waals surface area (Å²) in [5, 5.41) is 27.1. The van der Waals surface area contributed by atoms with Gasteiger partial charge in [-0.3, -0.25) is 9.59 Å². The normalized spacial score (nSPS) is 12.1. The number of alkyl halides is 6. The molecule has 10 nitrogen and oxygen atoms in total. The molecule has 2 atom stereocenters. The third-order valence-electron chi connectivity index (χ3n) is 4.03. The average molecular weight is 568 g/mol. The van der Waals surface area contributed by atoms with E-state index in [1.165, 1.54) is 6.07 Å². The number of carboxylic acids is 1. The number of ether oxygens (including phenoxy) is 1. The van der Waals surface area contributed by atoms with Gasteiger partial charge in [-0.15, -0.1) is 0 Å². The third-order valence-corrected chi connectivity index (χ3v) is 4.03. The summed E-state index contributed by atoms with van der Waals surface area (Å²) in [6, 6.07) is 3.75. The highest BCUT2D eigenvalue weighted by molar-refractivity contribution is 5.73. The first-order valence-corrected chi connectivity index (χ1v) is 9.94. The van der Waals surface area contributed by atoms with Crippen LogP contribution in [-0.4, -0.2) is 53.2 Å². The van der Waals surface area contributed by atoms with Crippen molar-refractivity contribution in [2.75, 3.05) is 18.5 Å². The van der Waals surface area contributed by atoms with E-state index in [4.69, 9.17) is 34.2 Å². The Morgan fingerprint density at radius 3 is 1.82 bits per heavy atom. The number of hydrogen-bond donors (Lipinski definition) is 5. The minimum absolute atomic E-state index is 0.0272. The molecule has 0 heterocycles. The lowest BCUT2D eigenvalue weighted by Crippen LogP contribution is -2.33. The molecule has 0 fully saturated rings. The quantitative estimate of drug-likeness (QED) is 0.146. The average Bonchev–Trinajstić information content (AvgIpc) is 2.87. The van der Waals surface area contributed by atoms with Crippen molar-refractivity contribution in [2.45, 2.75) is 24.6 Å². The van der Waals surface area contributed by atoms with Gasteiger partial charge in [0.2, 0.25) is 0 Å². The molecule has 0 saturated carbocycles. The van der Waals surface area contributed by atoms with E-state index in [1.54, 1.807) is 0 Å². The summed E-state index contributed by atoms with van der Waals surface area (Å²) in [4.78, 5) is 25.2. The third kappa shape index (κ3) is 12.1. The lowest BCUT2D eigenvalue weighted by atomic mass is 10.1. The first kappa shape index (κ1) is 34.6. The molecule has 2 aromatic rings. The van der Waals surface area contributed by atoms with Gasteiger partial charge in [-0.25, -0.2) is 14.1 Å². The summed E-state index contributed by atoms with van der Waals surface area (Å²) in [7, 11) is 0. The maximum absolute atomic E-state index is 12.7. The number of carbonyl (C=O) groups excluding carboxylic acids is 1. The number of nitrogens with two attached hydrogens (primary N) is 1. The van der Waals surface area contributed by atoms with Crippen LogP contribution in [0.4, 0.5) is 47.8 Å². The van der Waals surface area contributed by atoms with Gasteiger partial charge in [0.1, 0.15) is 11.9 Å². The molecule has 0 aromatic heterocycles. The Labute approximate surface area is 215 Å². The number of aliphatic hydroxyl groups excluding tert-OH is 2. The Morgan fingerprint density at radius 1 is 0.974 bits per heavy atom. The van der Waals surface area contributed by atoms with Gasteiger partial charge in [-0.05, 0) is 24.3 Å². The largest absolute Gasteiger partial charge is 0.480 e. The van der Waals surface area contributed by atoms with Crippen LogP contribution in [0.3, 0.4) is 0 Å². The van der Waals surface area contributed by atoms with Gasteiger partial charge in [0, 0.05) is 5.69 Å². The highest BCUT2D eigenvalue weighted by Crippen LogP contribution is 2.38. The summed E-state index contributed by atoms with van der Waals surface area (Å²) in [6.45, 7) is 12.1. The topological polar surface area (TPSA) is 151 Å². The van der Waals surface area contributed by atoms with Crippen LogP contribution < -0.4 is 11.1 Å². The van der Waals surface area contributed by atoms with Gasteiger partial charge in [-0.1, -0.05) is 12.1 Å². The van der Waals surface area contributed by atoms with Crippen LogP contribution in [0.15, 0.2) is 36.4 Å². The molecule has 0 aliphatic rings. The molecule has 39 heavy (non-hydrogen) atoms. The summed E-state index contributed by atoms with van der Waals surface area (Å²) in [5.41, 5.74) is 1.28. The second-order valence-electron chi connectivity index (χ2n) is 6.79. The fourth-order valence-corrected chi connectivity index (χ4v) is 2.24. The lowest BCUT2D eigenvalue weighted by Gasteiger charge is -2.17. The number of nitrogens with zero attached hydrogens (tertiary/aromatic N) is 2. The van der Waals surface area contributed by atoms with E-state index in [2.05, 4.69) is 19.7 Å². The Morgan fingerprint density at radius 2 is 1.46 bits per heavy atom. The number of carbonyl (C=O) groups is 2. The molecule has 212 valence electrons. The number of anilines is 1. The van der Waals surface area contributed by atoms with Crippen LogP contribution in [0.2, 0.25) is 0 Å². The number of halogens is 7. The summed E-state index contributed by atoms with van der Waals surface area (Å²) in [5.74, 6) is -2.18. The second kappa shape index (κ2) is 15.7. The Hall–Kier alpha value is -4.45. The minimum atomic E-state index is -4.68. The van der Waals surface area contributed by atoms with E-state index in [0.717, 1.165) is 18.2 Å². The Bertz CT molecular complexity index is 1190. The van der Waals surface area contributed by atoms with Crippen molar-refractivity contribution in [3.8, 4) is 0 Å². The van der Waals surface area contributed by atoms with Gasteiger partial charge in [0.15, 0.2) is 17.6 Å². The molecular weight excluding hydrogens is 549 g/mol. The molecule has 2 rings (SSSR count). The fourth-order valence-electron chi connectivity index (χ4n) is 2.24. The monoisotopic (exact) mass is 568 g/mol. The van der Waals surface area contributed by atoms with Crippen molar-refractivity contribution in [1.29, 1.82) is 0 Å². The maximum Gasteiger partial charge on any atom is 0.407 e. The molecule has 6 N–H and O–H groups in total. The molecule has 0 unspecified atom stereocenters. The molecule has 0 spiro atoms. The van der Waals surface area contributed by atoms with Gasteiger partial charge in [-0.2, -0.15) is 26.3 Å². The zero-order valence-corrected chi connectivity index (χ0v) is 19.3. The van der Waals surface area contributed by atoms with Crippen LogP contribution in [0.5, 0.6) is 0 Å². The first-order valence-electron chi connectivity index (χ1n) is 9.94. The number of benzene rings is 2. The van der Waals surface area contributed by atoms with Crippen LogP contribution in [0.1, 0.15) is 11.1 Å². The number of aliphatic carboxylic acids is 1. The van der Waals surface area contributed by atoms with Gasteiger partial charge < -0.3 is 31.1 Å². The zero-order valence-electron chi connectivity index (χ0n) is 19.3. The zero-order chi connectivity index (χ0) is 30.4. The van der Waals surface area contributed by atoms with Crippen LogP contribution in [0.25, 0.3) is 9.69 Å². The predicted octanol–water partition coefficient (Wildman–Crippen LogP) is 3.95. The van der Waals surface area contributed by atoms with E-state index < -0.39 is 72.1 Å². The molecule has 2 aromatic carbocycles. The van der Waals surface area contributed by atoms with Crippen molar-refractivity contribution in [3.05, 3.63) is 76.2 Å². The maximum atomic E-state index is 12.7. The van der Waals surface area contributed by atoms with E-state index in [1.807, 2.05) is 0 Å².